The van der Waals surface area contributed by atoms with Gasteiger partial charge < -0.3 is 14.4 Å². The predicted octanol–water partition coefficient (Wildman–Crippen LogP) is 0.788. The fourth-order valence-corrected chi connectivity index (χ4v) is 2.93. The summed E-state index contributed by atoms with van der Waals surface area (Å²) < 4.78 is 1.92. The van der Waals surface area contributed by atoms with Crippen molar-refractivity contribution in [1.82, 2.24) is 29.5 Å². The molecule has 0 bridgehead atoms. The van der Waals surface area contributed by atoms with Crippen LogP contribution in [0.15, 0.2) is 25.0 Å². The Morgan fingerprint density at radius 2 is 1.61 bits per heavy atom. The molecule has 0 N–H and O–H groups in total. The molecule has 3 aromatic heterocycles. The van der Waals surface area contributed by atoms with E-state index in [1.165, 1.54) is 0 Å². The zero-order valence-electron chi connectivity index (χ0n) is 13.2. The third-order valence-electron chi connectivity index (χ3n) is 4.17. The van der Waals surface area contributed by atoms with Gasteiger partial charge in [0.15, 0.2) is 17.0 Å². The fourth-order valence-electron chi connectivity index (χ4n) is 2.93. The third kappa shape index (κ3) is 2.45. The molecule has 4 heterocycles. The van der Waals surface area contributed by atoms with Crippen molar-refractivity contribution in [3.63, 3.8) is 0 Å². The Labute approximate surface area is 133 Å². The molecule has 0 aliphatic carbocycles. The van der Waals surface area contributed by atoms with Gasteiger partial charge in [-0.2, -0.15) is 0 Å². The summed E-state index contributed by atoms with van der Waals surface area (Å²) in [5.41, 5.74) is 2.72. The quantitative estimate of drug-likeness (QED) is 0.692. The van der Waals surface area contributed by atoms with E-state index < -0.39 is 0 Å². The van der Waals surface area contributed by atoms with Crippen LogP contribution in [0.25, 0.3) is 11.2 Å². The van der Waals surface area contributed by atoms with Gasteiger partial charge in [0.1, 0.15) is 18.5 Å². The first-order chi connectivity index (χ1) is 11.2. The molecule has 0 atom stereocenters. The van der Waals surface area contributed by atoms with Crippen LogP contribution >= 0.6 is 0 Å². The van der Waals surface area contributed by atoms with Gasteiger partial charge in [0.25, 0.3) is 0 Å². The van der Waals surface area contributed by atoms with Crippen LogP contribution in [0.5, 0.6) is 0 Å². The first kappa shape index (κ1) is 13.9. The fraction of sp³-hybridized carbons (Fsp3) is 0.400. The zero-order chi connectivity index (χ0) is 15.8. The molecule has 3 aromatic rings. The first-order valence-corrected chi connectivity index (χ1v) is 7.63. The number of hydrogen-bond donors (Lipinski definition) is 0. The Balaban J connectivity index is 1.55. The minimum atomic E-state index is 0.862. The van der Waals surface area contributed by atoms with Gasteiger partial charge in [-0.1, -0.05) is 0 Å². The van der Waals surface area contributed by atoms with Gasteiger partial charge in [-0.25, -0.2) is 24.9 Å². The van der Waals surface area contributed by atoms with Crippen molar-refractivity contribution in [3.8, 4) is 0 Å². The number of piperazine rings is 1. The van der Waals surface area contributed by atoms with Crippen molar-refractivity contribution in [2.24, 2.45) is 7.05 Å². The molecule has 118 valence electrons. The van der Waals surface area contributed by atoms with Crippen molar-refractivity contribution < 1.29 is 0 Å². The molecule has 8 heteroatoms. The summed E-state index contributed by atoms with van der Waals surface area (Å²) in [6.07, 6.45) is 5.02. The van der Waals surface area contributed by atoms with E-state index in [4.69, 9.17) is 0 Å². The van der Waals surface area contributed by atoms with Crippen LogP contribution in [0.4, 0.5) is 11.6 Å². The van der Waals surface area contributed by atoms with Crippen LogP contribution in [0.1, 0.15) is 5.69 Å². The summed E-state index contributed by atoms with van der Waals surface area (Å²) in [7, 11) is 1.95. The second kappa shape index (κ2) is 5.45. The second-order valence-corrected chi connectivity index (χ2v) is 5.72. The van der Waals surface area contributed by atoms with E-state index in [1.54, 1.807) is 19.0 Å². The molecule has 0 unspecified atom stereocenters. The van der Waals surface area contributed by atoms with Gasteiger partial charge in [-0.3, -0.25) is 0 Å². The maximum atomic E-state index is 4.45. The van der Waals surface area contributed by atoms with Crippen LogP contribution in [0.3, 0.4) is 0 Å². The van der Waals surface area contributed by atoms with Crippen LogP contribution in [0, 0.1) is 6.92 Å². The van der Waals surface area contributed by atoms with E-state index in [2.05, 4.69) is 34.7 Å². The minimum absolute atomic E-state index is 0.862. The minimum Gasteiger partial charge on any atom is -0.353 e. The van der Waals surface area contributed by atoms with Crippen molar-refractivity contribution in [2.45, 2.75) is 6.92 Å². The van der Waals surface area contributed by atoms with E-state index in [9.17, 15) is 0 Å². The molecule has 0 saturated carbocycles. The molecule has 1 fully saturated rings. The number of aryl methyl sites for hydroxylation is 2. The lowest BCUT2D eigenvalue weighted by molar-refractivity contribution is 0.641. The number of imidazole rings is 1. The second-order valence-electron chi connectivity index (χ2n) is 5.72. The highest BCUT2D eigenvalue weighted by Gasteiger charge is 2.22. The van der Waals surface area contributed by atoms with Crippen LogP contribution in [-0.2, 0) is 7.05 Å². The number of anilines is 2. The number of nitrogens with zero attached hydrogens (tertiary/aromatic N) is 8. The molecular formula is C15H18N8. The molecule has 0 aromatic carbocycles. The Kier molecular flexibility index (Phi) is 3.29. The van der Waals surface area contributed by atoms with E-state index in [0.29, 0.717) is 0 Å². The van der Waals surface area contributed by atoms with Crippen LogP contribution in [-0.4, -0.2) is 55.7 Å². The normalized spacial score (nSPS) is 15.4. The molecule has 0 radical (unpaired) electrons. The summed E-state index contributed by atoms with van der Waals surface area (Å²) in [5.74, 6) is 1.90. The predicted molar refractivity (Wildman–Crippen MR) is 87.5 cm³/mol. The molecule has 0 amide bonds. The average molecular weight is 310 g/mol. The highest BCUT2D eigenvalue weighted by Crippen LogP contribution is 2.23. The summed E-state index contributed by atoms with van der Waals surface area (Å²) in [6.45, 7) is 5.54. The third-order valence-corrected chi connectivity index (χ3v) is 4.17. The summed E-state index contributed by atoms with van der Waals surface area (Å²) >= 11 is 0. The highest BCUT2D eigenvalue weighted by atomic mass is 15.3. The van der Waals surface area contributed by atoms with E-state index in [0.717, 1.165) is 54.7 Å². The SMILES string of the molecule is Cc1cc(N2CCN(c3ncnc4c3ncn4C)CC2)ncn1. The molecule has 1 saturated heterocycles. The molecule has 1 aliphatic heterocycles. The zero-order valence-corrected chi connectivity index (χ0v) is 13.2. The summed E-state index contributed by atoms with van der Waals surface area (Å²) in [5, 5.41) is 0. The largest absolute Gasteiger partial charge is 0.353 e. The average Bonchev–Trinajstić information content (AvgIpc) is 2.97. The highest BCUT2D eigenvalue weighted by molar-refractivity contribution is 5.83. The summed E-state index contributed by atoms with van der Waals surface area (Å²) in [4.78, 5) is 26.3. The van der Waals surface area contributed by atoms with Crippen LogP contribution < -0.4 is 9.80 Å². The number of rotatable bonds is 2. The molecule has 0 spiro atoms. The van der Waals surface area contributed by atoms with Crippen molar-refractivity contribution in [3.05, 3.63) is 30.7 Å². The van der Waals surface area contributed by atoms with Crippen molar-refractivity contribution in [2.75, 3.05) is 36.0 Å². The van der Waals surface area contributed by atoms with Gasteiger partial charge in [0.05, 0.1) is 6.33 Å². The maximum Gasteiger partial charge on any atom is 0.165 e. The topological polar surface area (TPSA) is 75.9 Å². The maximum absolute atomic E-state index is 4.45. The first-order valence-electron chi connectivity index (χ1n) is 7.63. The van der Waals surface area contributed by atoms with E-state index in [1.807, 2.05) is 24.6 Å². The van der Waals surface area contributed by atoms with E-state index in [-0.39, 0.29) is 0 Å². The van der Waals surface area contributed by atoms with Crippen molar-refractivity contribution >= 4 is 22.8 Å². The summed E-state index contributed by atoms with van der Waals surface area (Å²) in [6, 6.07) is 2.03. The Hall–Kier alpha value is -2.77. The lowest BCUT2D eigenvalue weighted by Crippen LogP contribution is -2.47. The van der Waals surface area contributed by atoms with Crippen molar-refractivity contribution in [1.29, 1.82) is 0 Å². The van der Waals surface area contributed by atoms with E-state index >= 15 is 0 Å². The molecule has 8 nitrogen and oxygen atoms in total. The molecular weight excluding hydrogens is 292 g/mol. The van der Waals surface area contributed by atoms with Gasteiger partial charge in [-0.15, -0.1) is 0 Å². The molecule has 4 rings (SSSR count). The standard InChI is InChI=1S/C15H18N8/c1-11-7-12(17-8-16-11)22-3-5-23(6-4-22)15-13-14(18-9-19-15)21(2)10-20-13/h7-10H,3-6H2,1-2H3. The monoisotopic (exact) mass is 310 g/mol. The number of hydrogen-bond acceptors (Lipinski definition) is 7. The number of aromatic nitrogens is 6. The Morgan fingerprint density at radius 1 is 0.870 bits per heavy atom. The Bertz CT molecular complexity index is 834. The Morgan fingerprint density at radius 3 is 2.39 bits per heavy atom. The van der Waals surface area contributed by atoms with Gasteiger partial charge in [0, 0.05) is 45.0 Å². The lowest BCUT2D eigenvalue weighted by atomic mass is 10.3. The number of fused-ring (bicyclic) bond motifs is 1. The van der Waals surface area contributed by atoms with Gasteiger partial charge in [0.2, 0.25) is 0 Å². The molecule has 1 aliphatic rings. The smallest absolute Gasteiger partial charge is 0.165 e. The lowest BCUT2D eigenvalue weighted by Gasteiger charge is -2.36. The molecule has 23 heavy (non-hydrogen) atoms. The van der Waals surface area contributed by atoms with Gasteiger partial charge in [-0.05, 0) is 6.92 Å². The van der Waals surface area contributed by atoms with Gasteiger partial charge >= 0.3 is 0 Å². The van der Waals surface area contributed by atoms with Crippen LogP contribution in [0.2, 0.25) is 0 Å².